The summed E-state index contributed by atoms with van der Waals surface area (Å²) < 4.78 is 39.7. The Balaban J connectivity index is 1.97. The number of carbonyl (C=O) groups is 1. The van der Waals surface area contributed by atoms with Crippen molar-refractivity contribution in [3.8, 4) is 0 Å². The lowest BCUT2D eigenvalue weighted by Gasteiger charge is -2.35. The van der Waals surface area contributed by atoms with Crippen LogP contribution in [-0.2, 0) is 13.2 Å². The molecule has 130 valence electrons. The molecule has 1 saturated heterocycles. The maximum atomic E-state index is 12.9. The van der Waals surface area contributed by atoms with Gasteiger partial charge in [0.15, 0.2) is 5.69 Å². The predicted octanol–water partition coefficient (Wildman–Crippen LogP) is 2.29. The molecule has 0 aliphatic carbocycles. The van der Waals surface area contributed by atoms with Gasteiger partial charge in [-0.2, -0.15) is 18.3 Å². The summed E-state index contributed by atoms with van der Waals surface area (Å²) in [7, 11) is 1.36. The number of amides is 1. The number of nitrogens with zero attached hydrogens (tertiary/aromatic N) is 3. The standard InChI is InChI=1S/C15H23F3N4O/c1-10-5-4-6-22(8-10)11(2)7-19-14(23)12-9-21(3)20-13(12)15(16,17)18/h9-11H,4-8H2,1-3H3,(H,19,23). The van der Waals surface area contributed by atoms with Crippen LogP contribution in [0.15, 0.2) is 6.20 Å². The molecule has 1 N–H and O–H groups in total. The summed E-state index contributed by atoms with van der Waals surface area (Å²) in [5, 5.41) is 5.95. The molecule has 2 rings (SSSR count). The Bertz CT molecular complexity index is 555. The van der Waals surface area contributed by atoms with Gasteiger partial charge in [-0.3, -0.25) is 14.4 Å². The third kappa shape index (κ3) is 4.46. The smallest absolute Gasteiger partial charge is 0.350 e. The largest absolute Gasteiger partial charge is 0.435 e. The second kappa shape index (κ2) is 6.90. The van der Waals surface area contributed by atoms with Gasteiger partial charge in [-0.25, -0.2) is 0 Å². The van der Waals surface area contributed by atoms with Gasteiger partial charge < -0.3 is 5.32 Å². The number of aromatic nitrogens is 2. The monoisotopic (exact) mass is 332 g/mol. The number of carbonyl (C=O) groups excluding carboxylic acids is 1. The highest BCUT2D eigenvalue weighted by Gasteiger charge is 2.39. The SMILES string of the molecule is CC1CCCN(C(C)CNC(=O)c2cn(C)nc2C(F)(F)F)C1. The van der Waals surface area contributed by atoms with Gasteiger partial charge in [0.05, 0.1) is 5.56 Å². The molecule has 23 heavy (non-hydrogen) atoms. The molecule has 1 aromatic heterocycles. The van der Waals surface area contributed by atoms with Crippen molar-refractivity contribution < 1.29 is 18.0 Å². The third-order valence-corrected chi connectivity index (χ3v) is 4.21. The fourth-order valence-electron chi connectivity index (χ4n) is 2.95. The van der Waals surface area contributed by atoms with Crippen LogP contribution in [0, 0.1) is 5.92 Å². The fourth-order valence-corrected chi connectivity index (χ4v) is 2.95. The zero-order valence-electron chi connectivity index (χ0n) is 13.7. The number of halogens is 3. The molecule has 5 nitrogen and oxygen atoms in total. The lowest BCUT2D eigenvalue weighted by molar-refractivity contribution is -0.141. The Morgan fingerprint density at radius 2 is 2.22 bits per heavy atom. The Morgan fingerprint density at radius 1 is 1.52 bits per heavy atom. The van der Waals surface area contributed by atoms with Crippen LogP contribution in [0.3, 0.4) is 0 Å². The van der Waals surface area contributed by atoms with Gasteiger partial charge in [0.2, 0.25) is 0 Å². The van der Waals surface area contributed by atoms with E-state index < -0.39 is 23.3 Å². The van der Waals surface area contributed by atoms with Crippen LogP contribution in [0.25, 0.3) is 0 Å². The van der Waals surface area contributed by atoms with Gasteiger partial charge in [0.25, 0.3) is 5.91 Å². The van der Waals surface area contributed by atoms with E-state index in [1.807, 2.05) is 6.92 Å². The Labute approximate surface area is 133 Å². The van der Waals surface area contributed by atoms with Crippen molar-refractivity contribution in [3.63, 3.8) is 0 Å². The minimum Gasteiger partial charge on any atom is -0.350 e. The van der Waals surface area contributed by atoms with Gasteiger partial charge >= 0.3 is 6.18 Å². The van der Waals surface area contributed by atoms with Crippen LogP contribution in [0.1, 0.15) is 42.7 Å². The molecule has 1 amide bonds. The summed E-state index contributed by atoms with van der Waals surface area (Å²) in [5.41, 5.74) is -1.57. The first-order chi connectivity index (χ1) is 10.7. The first-order valence-electron chi connectivity index (χ1n) is 7.81. The number of likely N-dealkylation sites (tertiary alicyclic amines) is 1. The van der Waals surface area contributed by atoms with E-state index in [0.29, 0.717) is 12.5 Å². The number of hydrogen-bond acceptors (Lipinski definition) is 3. The van der Waals surface area contributed by atoms with E-state index in [0.717, 1.165) is 30.4 Å². The maximum Gasteiger partial charge on any atom is 0.435 e. The van der Waals surface area contributed by atoms with Gasteiger partial charge in [-0.15, -0.1) is 0 Å². The van der Waals surface area contributed by atoms with E-state index in [1.165, 1.54) is 13.5 Å². The van der Waals surface area contributed by atoms with E-state index in [2.05, 4.69) is 22.2 Å². The number of rotatable bonds is 4. The molecule has 8 heteroatoms. The van der Waals surface area contributed by atoms with E-state index in [9.17, 15) is 18.0 Å². The number of piperidine rings is 1. The second-order valence-electron chi connectivity index (χ2n) is 6.36. The van der Waals surface area contributed by atoms with Crippen molar-refractivity contribution in [1.29, 1.82) is 0 Å². The molecule has 2 unspecified atom stereocenters. The normalized spacial score (nSPS) is 21.2. The molecule has 0 spiro atoms. The van der Waals surface area contributed by atoms with E-state index in [1.54, 1.807) is 0 Å². The molecule has 1 aromatic rings. The fraction of sp³-hybridized carbons (Fsp3) is 0.733. The van der Waals surface area contributed by atoms with Crippen molar-refractivity contribution in [1.82, 2.24) is 20.0 Å². The molecular formula is C15H23F3N4O. The summed E-state index contributed by atoms with van der Waals surface area (Å²) in [5.74, 6) is -0.126. The van der Waals surface area contributed by atoms with Crippen LogP contribution in [-0.4, -0.2) is 46.3 Å². The average Bonchev–Trinajstić information content (AvgIpc) is 2.86. The maximum absolute atomic E-state index is 12.9. The lowest BCUT2D eigenvalue weighted by atomic mass is 9.99. The number of aryl methyl sites for hydroxylation is 1. The molecule has 1 fully saturated rings. The van der Waals surface area contributed by atoms with Crippen LogP contribution < -0.4 is 5.32 Å². The average molecular weight is 332 g/mol. The van der Waals surface area contributed by atoms with Gasteiger partial charge in [-0.1, -0.05) is 6.92 Å². The first-order valence-corrected chi connectivity index (χ1v) is 7.81. The van der Waals surface area contributed by atoms with E-state index in [-0.39, 0.29) is 6.04 Å². The van der Waals surface area contributed by atoms with E-state index in [4.69, 9.17) is 0 Å². The lowest BCUT2D eigenvalue weighted by Crippen LogP contribution is -2.46. The Morgan fingerprint density at radius 3 is 2.83 bits per heavy atom. The highest BCUT2D eigenvalue weighted by atomic mass is 19.4. The molecule has 2 heterocycles. The van der Waals surface area contributed by atoms with Gasteiger partial charge in [0, 0.05) is 32.4 Å². The Kier molecular flexibility index (Phi) is 5.33. The van der Waals surface area contributed by atoms with Crippen molar-refractivity contribution in [2.75, 3.05) is 19.6 Å². The molecule has 0 saturated carbocycles. The second-order valence-corrected chi connectivity index (χ2v) is 6.36. The van der Waals surface area contributed by atoms with E-state index >= 15 is 0 Å². The molecule has 2 atom stereocenters. The minimum absolute atomic E-state index is 0.0905. The summed E-state index contributed by atoms with van der Waals surface area (Å²) in [6.45, 7) is 6.40. The topological polar surface area (TPSA) is 50.2 Å². The number of hydrogen-bond donors (Lipinski definition) is 1. The first kappa shape index (κ1) is 17.8. The molecule has 1 aliphatic heterocycles. The molecular weight excluding hydrogens is 309 g/mol. The van der Waals surface area contributed by atoms with Crippen molar-refractivity contribution in [2.24, 2.45) is 13.0 Å². The van der Waals surface area contributed by atoms with Crippen LogP contribution >= 0.6 is 0 Å². The summed E-state index contributed by atoms with van der Waals surface area (Å²) in [6.07, 6.45) is -1.23. The molecule has 0 radical (unpaired) electrons. The van der Waals surface area contributed by atoms with Gasteiger partial charge in [-0.05, 0) is 32.2 Å². The Hall–Kier alpha value is -1.57. The quantitative estimate of drug-likeness (QED) is 0.920. The third-order valence-electron chi connectivity index (χ3n) is 4.21. The van der Waals surface area contributed by atoms with Crippen molar-refractivity contribution >= 4 is 5.91 Å². The molecule has 0 bridgehead atoms. The van der Waals surface area contributed by atoms with Crippen LogP contribution in [0.4, 0.5) is 13.2 Å². The predicted molar refractivity (Wildman–Crippen MR) is 80.0 cm³/mol. The highest BCUT2D eigenvalue weighted by Crippen LogP contribution is 2.30. The zero-order valence-corrected chi connectivity index (χ0v) is 13.7. The van der Waals surface area contributed by atoms with Crippen LogP contribution in [0.2, 0.25) is 0 Å². The number of nitrogens with one attached hydrogen (secondary N) is 1. The molecule has 0 aromatic carbocycles. The minimum atomic E-state index is -4.64. The molecule has 1 aliphatic rings. The zero-order chi connectivity index (χ0) is 17.2. The number of alkyl halides is 3. The highest BCUT2D eigenvalue weighted by molar-refractivity contribution is 5.95. The van der Waals surface area contributed by atoms with Gasteiger partial charge in [0.1, 0.15) is 0 Å². The van der Waals surface area contributed by atoms with Crippen molar-refractivity contribution in [2.45, 2.75) is 38.9 Å². The summed E-state index contributed by atoms with van der Waals surface area (Å²) in [4.78, 5) is 14.4. The van der Waals surface area contributed by atoms with Crippen LogP contribution in [0.5, 0.6) is 0 Å². The van der Waals surface area contributed by atoms with Crippen molar-refractivity contribution in [3.05, 3.63) is 17.5 Å². The summed E-state index contributed by atoms with van der Waals surface area (Å²) >= 11 is 0. The summed E-state index contributed by atoms with van der Waals surface area (Å²) in [6, 6.07) is 0.0905.